The summed E-state index contributed by atoms with van der Waals surface area (Å²) in [6.07, 6.45) is 0.170. The first-order valence-corrected chi connectivity index (χ1v) is 12.1. The molecule has 8 nitrogen and oxygen atoms in total. The Morgan fingerprint density at radius 2 is 1.63 bits per heavy atom. The predicted octanol–water partition coefficient (Wildman–Crippen LogP) is 3.54. The molecule has 0 radical (unpaired) electrons. The molecule has 4 rings (SSSR count). The number of nitrogens with one attached hydrogen (secondary N) is 3. The van der Waals surface area contributed by atoms with Gasteiger partial charge in [-0.2, -0.15) is 5.10 Å². The van der Waals surface area contributed by atoms with E-state index in [0.717, 1.165) is 27.2 Å². The zero-order chi connectivity index (χ0) is 24.9. The van der Waals surface area contributed by atoms with E-state index in [1.54, 1.807) is 6.07 Å². The highest BCUT2D eigenvalue weighted by Gasteiger charge is 2.25. The monoisotopic (exact) mass is 489 g/mol. The molecular weight excluding hydrogens is 462 g/mol. The van der Waals surface area contributed by atoms with Gasteiger partial charge in [-0.15, -0.1) is 11.3 Å². The van der Waals surface area contributed by atoms with E-state index in [9.17, 15) is 14.4 Å². The summed E-state index contributed by atoms with van der Waals surface area (Å²) >= 11 is 1.29. The first-order chi connectivity index (χ1) is 16.8. The summed E-state index contributed by atoms with van der Waals surface area (Å²) in [5.74, 6) is -1.35. The molecule has 4 aromatic rings. The van der Waals surface area contributed by atoms with Gasteiger partial charge in [-0.1, -0.05) is 62.4 Å². The Labute approximate surface area is 207 Å². The molecule has 180 valence electrons. The molecule has 0 unspecified atom stereocenters. The minimum absolute atomic E-state index is 0.170. The highest BCUT2D eigenvalue weighted by Crippen LogP contribution is 2.30. The smallest absolute Gasteiger partial charge is 0.279 e. The number of para-hydroxylation sites is 1. The Morgan fingerprint density at radius 1 is 0.971 bits per heavy atom. The van der Waals surface area contributed by atoms with Crippen molar-refractivity contribution in [3.8, 4) is 5.69 Å². The quantitative estimate of drug-likeness (QED) is 0.345. The summed E-state index contributed by atoms with van der Waals surface area (Å²) in [6.45, 7) is 5.56. The second-order valence-corrected chi connectivity index (χ2v) is 9.59. The maximum absolute atomic E-state index is 12.8. The predicted molar refractivity (Wildman–Crippen MR) is 136 cm³/mol. The fourth-order valence-electron chi connectivity index (χ4n) is 3.70. The van der Waals surface area contributed by atoms with Gasteiger partial charge in [0, 0.05) is 5.39 Å². The molecular formula is C26H27N5O3S. The molecule has 0 aliphatic rings. The van der Waals surface area contributed by atoms with Crippen LogP contribution in [0.15, 0.2) is 66.7 Å². The minimum atomic E-state index is -0.789. The zero-order valence-electron chi connectivity index (χ0n) is 19.7. The van der Waals surface area contributed by atoms with Gasteiger partial charge in [0.15, 0.2) is 0 Å². The molecule has 0 aliphatic carbocycles. The van der Waals surface area contributed by atoms with Crippen molar-refractivity contribution in [2.75, 3.05) is 0 Å². The molecule has 0 bridgehead atoms. The molecule has 35 heavy (non-hydrogen) atoms. The van der Waals surface area contributed by atoms with Gasteiger partial charge in [-0.05, 0) is 36.6 Å². The molecule has 0 fully saturated rings. The summed E-state index contributed by atoms with van der Waals surface area (Å²) in [5.41, 5.74) is 7.51. The summed E-state index contributed by atoms with van der Waals surface area (Å²) in [5, 5.41) is 8.23. The normalized spacial score (nSPS) is 11.9. The van der Waals surface area contributed by atoms with Crippen molar-refractivity contribution in [2.45, 2.75) is 33.2 Å². The number of nitrogens with zero attached hydrogens (tertiary/aromatic N) is 2. The van der Waals surface area contributed by atoms with Crippen molar-refractivity contribution in [2.24, 2.45) is 5.92 Å². The van der Waals surface area contributed by atoms with Crippen molar-refractivity contribution < 1.29 is 14.4 Å². The number of hydrazine groups is 1. The Balaban J connectivity index is 1.41. The van der Waals surface area contributed by atoms with Gasteiger partial charge in [-0.25, -0.2) is 4.68 Å². The van der Waals surface area contributed by atoms with Crippen molar-refractivity contribution in [1.29, 1.82) is 0 Å². The maximum atomic E-state index is 12.8. The third kappa shape index (κ3) is 5.58. The van der Waals surface area contributed by atoms with Gasteiger partial charge in [-0.3, -0.25) is 25.2 Å². The number of aromatic nitrogens is 2. The van der Waals surface area contributed by atoms with E-state index in [4.69, 9.17) is 0 Å². The van der Waals surface area contributed by atoms with Gasteiger partial charge in [0.1, 0.15) is 10.9 Å². The molecule has 2 heterocycles. The van der Waals surface area contributed by atoms with Crippen LogP contribution in [-0.4, -0.2) is 33.5 Å². The van der Waals surface area contributed by atoms with Crippen LogP contribution in [0.4, 0.5) is 0 Å². The number of benzene rings is 2. The first kappa shape index (κ1) is 24.2. The number of fused-ring (bicyclic) bond motifs is 1. The van der Waals surface area contributed by atoms with Crippen LogP contribution in [-0.2, 0) is 16.0 Å². The second-order valence-electron chi connectivity index (χ2n) is 8.56. The Bertz CT molecular complexity index is 1350. The lowest BCUT2D eigenvalue weighted by atomic mass is 10.0. The van der Waals surface area contributed by atoms with Gasteiger partial charge in [0.05, 0.1) is 22.7 Å². The standard InChI is InChI=1S/C26H27N5O3S/c1-16(2)23(27-22(32)14-18-10-6-4-7-11-18)25(34)29-28-24(33)21-15-20-17(3)30-31(26(20)35-21)19-12-8-5-9-13-19/h4-13,15-16,23H,14H2,1-3H3,(H,27,32)(H,28,33)(H,29,34)/t23-/m0/s1. The van der Waals surface area contributed by atoms with Crippen LogP contribution in [0.3, 0.4) is 0 Å². The third-order valence-corrected chi connectivity index (χ3v) is 6.65. The van der Waals surface area contributed by atoms with E-state index in [1.807, 2.05) is 86.1 Å². The molecule has 2 aromatic carbocycles. The van der Waals surface area contributed by atoms with Crippen LogP contribution in [0.1, 0.15) is 34.8 Å². The summed E-state index contributed by atoms with van der Waals surface area (Å²) in [7, 11) is 0. The van der Waals surface area contributed by atoms with E-state index in [0.29, 0.717) is 4.88 Å². The number of amides is 3. The molecule has 0 saturated heterocycles. The lowest BCUT2D eigenvalue weighted by Gasteiger charge is -2.21. The van der Waals surface area contributed by atoms with Crippen molar-refractivity contribution in [3.63, 3.8) is 0 Å². The summed E-state index contributed by atoms with van der Waals surface area (Å²) in [4.78, 5) is 39.3. The Kier molecular flexibility index (Phi) is 7.26. The average Bonchev–Trinajstić information content (AvgIpc) is 3.42. The minimum Gasteiger partial charge on any atom is -0.344 e. The van der Waals surface area contributed by atoms with Gasteiger partial charge >= 0.3 is 0 Å². The van der Waals surface area contributed by atoms with E-state index < -0.39 is 17.9 Å². The molecule has 0 saturated carbocycles. The molecule has 1 atom stereocenters. The number of hydrogen-bond acceptors (Lipinski definition) is 5. The molecule has 9 heteroatoms. The number of rotatable bonds is 7. The fourth-order valence-corrected chi connectivity index (χ4v) is 4.78. The third-order valence-electron chi connectivity index (χ3n) is 5.54. The van der Waals surface area contributed by atoms with Gasteiger partial charge < -0.3 is 5.32 Å². The molecule has 0 spiro atoms. The van der Waals surface area contributed by atoms with E-state index >= 15 is 0 Å². The van der Waals surface area contributed by atoms with Crippen LogP contribution in [0.2, 0.25) is 0 Å². The topological polar surface area (TPSA) is 105 Å². The molecule has 0 aliphatic heterocycles. The number of aryl methyl sites for hydroxylation is 1. The zero-order valence-corrected chi connectivity index (χ0v) is 20.6. The number of thiophene rings is 1. The summed E-state index contributed by atoms with van der Waals surface area (Å²) in [6, 6.07) is 20.0. The van der Waals surface area contributed by atoms with Gasteiger partial charge in [0.2, 0.25) is 5.91 Å². The first-order valence-electron chi connectivity index (χ1n) is 11.3. The van der Waals surface area contributed by atoms with Gasteiger partial charge in [0.25, 0.3) is 11.8 Å². The largest absolute Gasteiger partial charge is 0.344 e. The number of carbonyl (C=O) groups excluding carboxylic acids is 3. The highest BCUT2D eigenvalue weighted by molar-refractivity contribution is 7.20. The second kappa shape index (κ2) is 10.5. The Morgan fingerprint density at radius 3 is 2.29 bits per heavy atom. The Hall–Kier alpha value is -3.98. The van der Waals surface area contributed by atoms with Crippen LogP contribution in [0, 0.1) is 12.8 Å². The van der Waals surface area contributed by atoms with E-state index in [2.05, 4.69) is 21.3 Å². The molecule has 3 amide bonds. The lowest BCUT2D eigenvalue weighted by Crippen LogP contribution is -2.54. The van der Waals surface area contributed by atoms with Crippen molar-refractivity contribution in [3.05, 3.63) is 82.9 Å². The highest BCUT2D eigenvalue weighted by atomic mass is 32.1. The van der Waals surface area contributed by atoms with Crippen LogP contribution in [0.5, 0.6) is 0 Å². The maximum Gasteiger partial charge on any atom is 0.279 e. The number of carbonyl (C=O) groups is 3. The fraction of sp³-hybridized carbons (Fsp3) is 0.231. The van der Waals surface area contributed by atoms with Crippen LogP contribution < -0.4 is 16.2 Å². The number of hydrogen-bond donors (Lipinski definition) is 3. The van der Waals surface area contributed by atoms with Crippen LogP contribution >= 0.6 is 11.3 Å². The molecule has 3 N–H and O–H groups in total. The van der Waals surface area contributed by atoms with Crippen LogP contribution in [0.25, 0.3) is 15.9 Å². The average molecular weight is 490 g/mol. The summed E-state index contributed by atoms with van der Waals surface area (Å²) < 4.78 is 1.81. The SMILES string of the molecule is Cc1nn(-c2ccccc2)c2sc(C(=O)NNC(=O)[C@@H](NC(=O)Cc3ccccc3)C(C)C)cc12. The van der Waals surface area contributed by atoms with E-state index in [1.165, 1.54) is 11.3 Å². The molecule has 2 aromatic heterocycles. The van der Waals surface area contributed by atoms with E-state index in [-0.39, 0.29) is 18.2 Å². The van der Waals surface area contributed by atoms with Crippen molar-refractivity contribution in [1.82, 2.24) is 25.9 Å². The van der Waals surface area contributed by atoms with Crippen molar-refractivity contribution >= 4 is 39.3 Å². The lowest BCUT2D eigenvalue weighted by molar-refractivity contribution is -0.130.